The lowest BCUT2D eigenvalue weighted by atomic mass is 10.0. The monoisotopic (exact) mass is 378 g/mol. The van der Waals surface area contributed by atoms with Gasteiger partial charge in [0.25, 0.3) is 0 Å². The standard InChI is InChI=1S/C23H30N4O/c1-3-25-12-14-27(15-13-25)22-10-8-20(9-11-22)21-7-5-6-19(16-21)18-26(4-2)23(28)17-24/h4-11,16H,2-3,12-15,17-18,24H2,1H3. The van der Waals surface area contributed by atoms with Crippen LogP contribution >= 0.6 is 0 Å². The Morgan fingerprint density at radius 1 is 1.11 bits per heavy atom. The number of amides is 1. The smallest absolute Gasteiger partial charge is 0.240 e. The summed E-state index contributed by atoms with van der Waals surface area (Å²) in [4.78, 5) is 18.3. The lowest BCUT2D eigenvalue weighted by Crippen LogP contribution is -2.46. The van der Waals surface area contributed by atoms with Crippen molar-refractivity contribution < 1.29 is 4.79 Å². The van der Waals surface area contributed by atoms with Crippen LogP contribution in [0.2, 0.25) is 0 Å². The molecule has 0 bridgehead atoms. The predicted molar refractivity (Wildman–Crippen MR) is 116 cm³/mol. The molecule has 2 aromatic carbocycles. The van der Waals surface area contributed by atoms with Crippen LogP contribution in [0.1, 0.15) is 12.5 Å². The van der Waals surface area contributed by atoms with Crippen LogP contribution in [-0.2, 0) is 11.3 Å². The van der Waals surface area contributed by atoms with Crippen molar-refractivity contribution in [2.45, 2.75) is 13.5 Å². The third-order valence-corrected chi connectivity index (χ3v) is 5.38. The van der Waals surface area contributed by atoms with Crippen LogP contribution in [0.15, 0.2) is 61.3 Å². The summed E-state index contributed by atoms with van der Waals surface area (Å²) in [7, 11) is 0. The van der Waals surface area contributed by atoms with Crippen LogP contribution in [-0.4, -0.2) is 55.0 Å². The van der Waals surface area contributed by atoms with Crippen LogP contribution in [0.5, 0.6) is 0 Å². The highest BCUT2D eigenvalue weighted by Gasteiger charge is 2.16. The average molecular weight is 379 g/mol. The predicted octanol–water partition coefficient (Wildman–Crippen LogP) is 2.93. The first kappa shape index (κ1) is 20.1. The van der Waals surface area contributed by atoms with Gasteiger partial charge in [-0.25, -0.2) is 0 Å². The Balaban J connectivity index is 1.70. The number of benzene rings is 2. The summed E-state index contributed by atoms with van der Waals surface area (Å²) in [5, 5.41) is 0. The van der Waals surface area contributed by atoms with Crippen molar-refractivity contribution in [2.75, 3.05) is 44.2 Å². The van der Waals surface area contributed by atoms with Gasteiger partial charge in [-0.15, -0.1) is 0 Å². The van der Waals surface area contributed by atoms with Gasteiger partial charge in [0.1, 0.15) is 0 Å². The van der Waals surface area contributed by atoms with E-state index in [4.69, 9.17) is 5.73 Å². The van der Waals surface area contributed by atoms with Gasteiger partial charge in [-0.1, -0.05) is 43.8 Å². The molecule has 1 saturated heterocycles. The van der Waals surface area contributed by atoms with Crippen LogP contribution in [0.3, 0.4) is 0 Å². The molecule has 0 unspecified atom stereocenters. The molecule has 1 aliphatic heterocycles. The van der Waals surface area contributed by atoms with Crippen molar-refractivity contribution in [1.82, 2.24) is 9.80 Å². The van der Waals surface area contributed by atoms with Gasteiger partial charge in [-0.05, 0) is 47.6 Å². The fourth-order valence-electron chi connectivity index (χ4n) is 3.60. The molecule has 0 radical (unpaired) electrons. The fourth-order valence-corrected chi connectivity index (χ4v) is 3.60. The van der Waals surface area contributed by atoms with Gasteiger partial charge in [0, 0.05) is 31.9 Å². The molecule has 5 heteroatoms. The third kappa shape index (κ3) is 4.80. The van der Waals surface area contributed by atoms with Crippen molar-refractivity contribution in [1.29, 1.82) is 0 Å². The Kier molecular flexibility index (Phi) is 6.85. The maximum atomic E-state index is 11.9. The summed E-state index contributed by atoms with van der Waals surface area (Å²) in [6.07, 6.45) is 1.54. The number of carbonyl (C=O) groups is 1. The fraction of sp³-hybridized carbons (Fsp3) is 0.348. The van der Waals surface area contributed by atoms with Crippen molar-refractivity contribution >= 4 is 11.6 Å². The van der Waals surface area contributed by atoms with Crippen LogP contribution in [0.25, 0.3) is 11.1 Å². The minimum atomic E-state index is -0.132. The molecule has 3 rings (SSSR count). The number of likely N-dealkylation sites (N-methyl/N-ethyl adjacent to an activating group) is 1. The quantitative estimate of drug-likeness (QED) is 0.805. The zero-order valence-corrected chi connectivity index (χ0v) is 16.7. The molecule has 2 N–H and O–H groups in total. The Labute approximate surface area is 168 Å². The first-order valence-electron chi connectivity index (χ1n) is 9.93. The molecule has 0 spiro atoms. The molecule has 5 nitrogen and oxygen atoms in total. The van der Waals surface area contributed by atoms with Gasteiger partial charge >= 0.3 is 0 Å². The summed E-state index contributed by atoms with van der Waals surface area (Å²) in [6.45, 7) is 11.9. The zero-order chi connectivity index (χ0) is 19.9. The number of rotatable bonds is 7. The number of carbonyl (C=O) groups excluding carboxylic acids is 1. The molecular weight excluding hydrogens is 348 g/mol. The Morgan fingerprint density at radius 3 is 2.43 bits per heavy atom. The van der Waals surface area contributed by atoms with Gasteiger partial charge in [-0.3, -0.25) is 4.79 Å². The Hall–Kier alpha value is -2.63. The molecule has 0 aromatic heterocycles. The first-order valence-corrected chi connectivity index (χ1v) is 9.93. The molecule has 1 heterocycles. The molecule has 1 aliphatic rings. The van der Waals surface area contributed by atoms with Gasteiger partial charge in [-0.2, -0.15) is 0 Å². The Bertz CT molecular complexity index is 795. The van der Waals surface area contributed by atoms with Crippen LogP contribution in [0.4, 0.5) is 5.69 Å². The third-order valence-electron chi connectivity index (χ3n) is 5.38. The number of hydrogen-bond donors (Lipinski definition) is 1. The summed E-state index contributed by atoms with van der Waals surface area (Å²) in [5.74, 6) is -0.132. The highest BCUT2D eigenvalue weighted by molar-refractivity contribution is 5.79. The van der Waals surface area contributed by atoms with Gasteiger partial charge in [0.05, 0.1) is 13.1 Å². The first-order chi connectivity index (χ1) is 13.6. The highest BCUT2D eigenvalue weighted by Crippen LogP contribution is 2.25. The van der Waals surface area contributed by atoms with E-state index in [1.165, 1.54) is 17.5 Å². The summed E-state index contributed by atoms with van der Waals surface area (Å²) < 4.78 is 0. The average Bonchev–Trinajstić information content (AvgIpc) is 2.77. The lowest BCUT2D eigenvalue weighted by molar-refractivity contribution is -0.127. The second-order valence-electron chi connectivity index (χ2n) is 7.08. The van der Waals surface area contributed by atoms with Crippen LogP contribution < -0.4 is 10.6 Å². The highest BCUT2D eigenvalue weighted by atomic mass is 16.2. The van der Waals surface area contributed by atoms with Crippen molar-refractivity contribution in [3.8, 4) is 11.1 Å². The number of nitrogens with zero attached hydrogens (tertiary/aromatic N) is 3. The largest absolute Gasteiger partial charge is 0.369 e. The maximum Gasteiger partial charge on any atom is 0.240 e. The van der Waals surface area contributed by atoms with E-state index < -0.39 is 0 Å². The molecule has 0 atom stereocenters. The number of nitrogens with two attached hydrogens (primary N) is 1. The lowest BCUT2D eigenvalue weighted by Gasteiger charge is -2.35. The second kappa shape index (κ2) is 9.53. The van der Waals surface area contributed by atoms with E-state index in [1.54, 1.807) is 4.90 Å². The number of piperazine rings is 1. The van der Waals surface area contributed by atoms with Crippen molar-refractivity contribution in [2.24, 2.45) is 5.73 Å². The molecule has 1 fully saturated rings. The molecule has 0 saturated carbocycles. The molecule has 0 aliphatic carbocycles. The van der Waals surface area contributed by atoms with E-state index in [9.17, 15) is 4.79 Å². The van der Waals surface area contributed by atoms with E-state index in [2.05, 4.69) is 59.7 Å². The normalized spacial score (nSPS) is 14.7. The summed E-state index contributed by atoms with van der Waals surface area (Å²) in [5.41, 5.74) is 10.1. The summed E-state index contributed by atoms with van der Waals surface area (Å²) >= 11 is 0. The zero-order valence-electron chi connectivity index (χ0n) is 16.7. The minimum Gasteiger partial charge on any atom is -0.369 e. The number of anilines is 1. The SMILES string of the molecule is C=CN(Cc1cccc(-c2ccc(N3CCN(CC)CC3)cc2)c1)C(=O)CN. The van der Waals surface area contributed by atoms with E-state index in [0.29, 0.717) is 6.54 Å². The Morgan fingerprint density at radius 2 is 1.82 bits per heavy atom. The molecule has 148 valence electrons. The van der Waals surface area contributed by atoms with Gasteiger partial charge in [0.2, 0.25) is 5.91 Å². The molecule has 2 aromatic rings. The van der Waals surface area contributed by atoms with E-state index in [1.807, 2.05) is 12.1 Å². The molecular formula is C23H30N4O. The van der Waals surface area contributed by atoms with Gasteiger partial charge < -0.3 is 20.4 Å². The second-order valence-corrected chi connectivity index (χ2v) is 7.08. The van der Waals surface area contributed by atoms with Crippen molar-refractivity contribution in [3.05, 3.63) is 66.9 Å². The summed E-state index contributed by atoms with van der Waals surface area (Å²) in [6, 6.07) is 17.0. The molecule has 28 heavy (non-hydrogen) atoms. The van der Waals surface area contributed by atoms with E-state index in [0.717, 1.165) is 43.9 Å². The number of hydrogen-bond acceptors (Lipinski definition) is 4. The minimum absolute atomic E-state index is 0.0142. The van der Waals surface area contributed by atoms with E-state index >= 15 is 0 Å². The topological polar surface area (TPSA) is 52.8 Å². The van der Waals surface area contributed by atoms with Gasteiger partial charge in [0.15, 0.2) is 0 Å². The van der Waals surface area contributed by atoms with Crippen molar-refractivity contribution in [3.63, 3.8) is 0 Å². The molecule has 1 amide bonds. The van der Waals surface area contributed by atoms with Crippen LogP contribution in [0, 0.1) is 0 Å². The van der Waals surface area contributed by atoms with E-state index in [-0.39, 0.29) is 12.5 Å². The maximum absolute atomic E-state index is 11.9.